The van der Waals surface area contributed by atoms with Gasteiger partial charge in [-0.15, -0.1) is 0 Å². The molecule has 1 saturated heterocycles. The number of carbonyl (C=O) groups excluding carboxylic acids is 1. The van der Waals surface area contributed by atoms with Crippen molar-refractivity contribution < 1.29 is 9.72 Å². The van der Waals surface area contributed by atoms with Crippen molar-refractivity contribution in [1.82, 2.24) is 0 Å². The molecule has 0 unspecified atom stereocenters. The Hall–Kier alpha value is -2.89. The Morgan fingerprint density at radius 3 is 2.54 bits per heavy atom. The second-order valence-corrected chi connectivity index (χ2v) is 5.92. The van der Waals surface area contributed by atoms with Gasteiger partial charge in [-0.1, -0.05) is 18.2 Å². The molecule has 2 aromatic rings. The molecule has 0 spiro atoms. The number of nitrogens with zero attached hydrogens (tertiary/aromatic N) is 2. The number of para-hydroxylation sites is 1. The van der Waals surface area contributed by atoms with E-state index in [1.807, 2.05) is 31.2 Å². The van der Waals surface area contributed by atoms with Gasteiger partial charge in [-0.3, -0.25) is 14.9 Å². The minimum Gasteiger partial charge on any atom is -0.371 e. The van der Waals surface area contributed by atoms with Crippen LogP contribution in [0.5, 0.6) is 0 Å². The summed E-state index contributed by atoms with van der Waals surface area (Å²) in [6.07, 6.45) is 2.13. The van der Waals surface area contributed by atoms with Crippen LogP contribution in [0.2, 0.25) is 0 Å². The Morgan fingerprint density at radius 2 is 1.88 bits per heavy atom. The number of hydrogen-bond donors (Lipinski definition) is 1. The number of rotatable bonds is 4. The standard InChI is InChI=1S/C18H19N3O3/c1-13-6-2-3-7-16(13)19-18(22)15-12-14(21(23)24)8-9-17(15)20-10-4-5-11-20/h2-3,6-9,12H,4-5,10-11H2,1H3,(H,19,22). The van der Waals surface area contributed by atoms with E-state index in [0.717, 1.165) is 37.2 Å². The average Bonchev–Trinajstić information content (AvgIpc) is 3.10. The molecule has 0 atom stereocenters. The van der Waals surface area contributed by atoms with Gasteiger partial charge in [0.1, 0.15) is 0 Å². The first-order chi connectivity index (χ1) is 11.6. The van der Waals surface area contributed by atoms with Gasteiger partial charge in [-0.25, -0.2) is 0 Å². The first-order valence-corrected chi connectivity index (χ1v) is 7.96. The second-order valence-electron chi connectivity index (χ2n) is 5.92. The summed E-state index contributed by atoms with van der Waals surface area (Å²) in [6, 6.07) is 12.0. The van der Waals surface area contributed by atoms with Crippen molar-refractivity contribution in [2.24, 2.45) is 0 Å². The fraction of sp³-hybridized carbons (Fsp3) is 0.278. The minimum absolute atomic E-state index is 0.0760. The summed E-state index contributed by atoms with van der Waals surface area (Å²) in [4.78, 5) is 25.5. The second kappa shape index (κ2) is 6.70. The third kappa shape index (κ3) is 3.22. The summed E-state index contributed by atoms with van der Waals surface area (Å²) >= 11 is 0. The van der Waals surface area contributed by atoms with E-state index in [2.05, 4.69) is 10.2 Å². The lowest BCUT2D eigenvalue weighted by molar-refractivity contribution is -0.384. The van der Waals surface area contributed by atoms with Gasteiger partial charge >= 0.3 is 0 Å². The molecular weight excluding hydrogens is 306 g/mol. The van der Waals surface area contributed by atoms with Crippen molar-refractivity contribution >= 4 is 23.0 Å². The normalized spacial score (nSPS) is 13.8. The lowest BCUT2D eigenvalue weighted by Crippen LogP contribution is -2.23. The van der Waals surface area contributed by atoms with Crippen molar-refractivity contribution in [2.75, 3.05) is 23.3 Å². The van der Waals surface area contributed by atoms with Crippen molar-refractivity contribution in [3.63, 3.8) is 0 Å². The highest BCUT2D eigenvalue weighted by molar-refractivity contribution is 6.09. The molecule has 0 aliphatic carbocycles. The van der Waals surface area contributed by atoms with Gasteiger partial charge in [0.15, 0.2) is 0 Å². The Morgan fingerprint density at radius 1 is 1.17 bits per heavy atom. The van der Waals surface area contributed by atoms with E-state index < -0.39 is 4.92 Å². The molecule has 0 radical (unpaired) electrons. The van der Waals surface area contributed by atoms with E-state index in [1.165, 1.54) is 12.1 Å². The largest absolute Gasteiger partial charge is 0.371 e. The number of nitrogens with one attached hydrogen (secondary N) is 1. The molecule has 2 aromatic carbocycles. The molecule has 124 valence electrons. The average molecular weight is 325 g/mol. The summed E-state index contributed by atoms with van der Waals surface area (Å²) in [5.74, 6) is -0.324. The van der Waals surface area contributed by atoms with Crippen LogP contribution < -0.4 is 10.2 Å². The summed E-state index contributed by atoms with van der Waals surface area (Å²) in [5.41, 5.74) is 2.67. The lowest BCUT2D eigenvalue weighted by atomic mass is 10.1. The van der Waals surface area contributed by atoms with Gasteiger partial charge < -0.3 is 10.2 Å². The molecule has 1 amide bonds. The maximum absolute atomic E-state index is 12.8. The van der Waals surface area contributed by atoms with E-state index in [9.17, 15) is 14.9 Å². The third-order valence-electron chi connectivity index (χ3n) is 4.28. The molecule has 1 heterocycles. The molecule has 1 aliphatic rings. The van der Waals surface area contributed by atoms with Crippen molar-refractivity contribution in [3.05, 3.63) is 63.7 Å². The maximum atomic E-state index is 12.8. The Labute approximate surface area is 140 Å². The van der Waals surface area contributed by atoms with Crippen LogP contribution in [0.25, 0.3) is 0 Å². The Kier molecular flexibility index (Phi) is 4.46. The van der Waals surface area contributed by atoms with Crippen LogP contribution in [-0.4, -0.2) is 23.9 Å². The number of anilines is 2. The first-order valence-electron chi connectivity index (χ1n) is 7.96. The maximum Gasteiger partial charge on any atom is 0.270 e. The van der Waals surface area contributed by atoms with Gasteiger partial charge in [-0.2, -0.15) is 0 Å². The Balaban J connectivity index is 1.97. The topological polar surface area (TPSA) is 75.5 Å². The van der Waals surface area contributed by atoms with Crippen LogP contribution in [0, 0.1) is 17.0 Å². The summed E-state index contributed by atoms with van der Waals surface area (Å²) in [7, 11) is 0. The number of hydrogen-bond acceptors (Lipinski definition) is 4. The number of aryl methyl sites for hydroxylation is 1. The fourth-order valence-electron chi connectivity index (χ4n) is 2.96. The molecular formula is C18H19N3O3. The monoisotopic (exact) mass is 325 g/mol. The number of non-ortho nitro benzene ring substituents is 1. The van der Waals surface area contributed by atoms with E-state index >= 15 is 0 Å². The molecule has 24 heavy (non-hydrogen) atoms. The van der Waals surface area contributed by atoms with Crippen molar-refractivity contribution in [3.8, 4) is 0 Å². The molecule has 0 saturated carbocycles. The molecule has 0 aromatic heterocycles. The van der Waals surface area contributed by atoms with Crippen LogP contribution in [0.1, 0.15) is 28.8 Å². The Bertz CT molecular complexity index is 783. The molecule has 3 rings (SSSR count). The van der Waals surface area contributed by atoms with E-state index in [-0.39, 0.29) is 11.6 Å². The molecule has 6 nitrogen and oxygen atoms in total. The van der Waals surface area contributed by atoms with Gasteiger partial charge in [0, 0.05) is 30.9 Å². The SMILES string of the molecule is Cc1ccccc1NC(=O)c1cc([N+](=O)[O-])ccc1N1CCCC1. The number of nitro groups is 1. The number of amides is 1. The zero-order valence-electron chi connectivity index (χ0n) is 13.5. The van der Waals surface area contributed by atoms with Gasteiger partial charge in [0.2, 0.25) is 0 Å². The van der Waals surface area contributed by atoms with Gasteiger partial charge in [0.05, 0.1) is 16.2 Å². The quantitative estimate of drug-likeness (QED) is 0.686. The van der Waals surface area contributed by atoms with Gasteiger partial charge in [-0.05, 0) is 37.5 Å². The summed E-state index contributed by atoms with van der Waals surface area (Å²) in [5, 5.41) is 13.9. The highest BCUT2D eigenvalue weighted by Gasteiger charge is 2.22. The first kappa shape index (κ1) is 16.0. The van der Waals surface area contributed by atoms with E-state index in [0.29, 0.717) is 11.3 Å². The third-order valence-corrected chi connectivity index (χ3v) is 4.28. The highest BCUT2D eigenvalue weighted by atomic mass is 16.6. The van der Waals surface area contributed by atoms with Crippen molar-refractivity contribution in [1.29, 1.82) is 0 Å². The molecule has 1 N–H and O–H groups in total. The van der Waals surface area contributed by atoms with Crippen LogP contribution in [0.4, 0.5) is 17.1 Å². The van der Waals surface area contributed by atoms with E-state index in [4.69, 9.17) is 0 Å². The van der Waals surface area contributed by atoms with Gasteiger partial charge in [0.25, 0.3) is 11.6 Å². The fourth-order valence-corrected chi connectivity index (χ4v) is 2.96. The van der Waals surface area contributed by atoms with Crippen molar-refractivity contribution in [2.45, 2.75) is 19.8 Å². The number of nitro benzene ring substituents is 1. The summed E-state index contributed by atoms with van der Waals surface area (Å²) in [6.45, 7) is 3.63. The highest BCUT2D eigenvalue weighted by Crippen LogP contribution is 2.29. The van der Waals surface area contributed by atoms with Crippen LogP contribution in [-0.2, 0) is 0 Å². The minimum atomic E-state index is -0.474. The zero-order valence-corrected chi connectivity index (χ0v) is 13.5. The number of carbonyl (C=O) groups is 1. The zero-order chi connectivity index (χ0) is 17.1. The summed E-state index contributed by atoms with van der Waals surface area (Å²) < 4.78 is 0. The molecule has 1 fully saturated rings. The predicted octanol–water partition coefficient (Wildman–Crippen LogP) is 3.76. The smallest absolute Gasteiger partial charge is 0.270 e. The van der Waals surface area contributed by atoms with E-state index in [1.54, 1.807) is 6.07 Å². The predicted molar refractivity (Wildman–Crippen MR) is 93.7 cm³/mol. The van der Waals surface area contributed by atoms with Crippen LogP contribution in [0.3, 0.4) is 0 Å². The lowest BCUT2D eigenvalue weighted by Gasteiger charge is -2.21. The van der Waals surface area contributed by atoms with Crippen LogP contribution >= 0.6 is 0 Å². The van der Waals surface area contributed by atoms with Crippen LogP contribution in [0.15, 0.2) is 42.5 Å². The molecule has 6 heteroatoms. The number of benzene rings is 2. The molecule has 0 bridgehead atoms. The molecule has 1 aliphatic heterocycles.